The summed E-state index contributed by atoms with van der Waals surface area (Å²) < 4.78 is 33.2. The number of aromatic amines is 1. The van der Waals surface area contributed by atoms with Crippen molar-refractivity contribution in [3.05, 3.63) is 11.8 Å². The smallest absolute Gasteiger partial charge is 0.258 e. The molecule has 8 heteroatoms. The molecule has 0 aromatic carbocycles. The predicted octanol–water partition coefficient (Wildman–Crippen LogP) is 0.508. The molecule has 118 valence electrons. The number of hydrogen-bond acceptors (Lipinski definition) is 5. The second-order valence-electron chi connectivity index (χ2n) is 5.90. The average Bonchev–Trinajstić information content (AvgIpc) is 3.12. The van der Waals surface area contributed by atoms with Gasteiger partial charge in [0.1, 0.15) is 0 Å². The highest BCUT2D eigenvalue weighted by Gasteiger charge is 2.28. The van der Waals surface area contributed by atoms with Crippen molar-refractivity contribution in [2.75, 3.05) is 6.61 Å². The molecule has 2 unspecified atom stereocenters. The summed E-state index contributed by atoms with van der Waals surface area (Å²) in [5.41, 5.74) is 0.689. The van der Waals surface area contributed by atoms with Gasteiger partial charge in [-0.1, -0.05) is 0 Å². The van der Waals surface area contributed by atoms with Gasteiger partial charge < -0.3 is 10.1 Å². The molecule has 2 aliphatic rings. The van der Waals surface area contributed by atoms with Crippen molar-refractivity contribution in [3.63, 3.8) is 0 Å². The number of ether oxygens (including phenoxy) is 1. The zero-order valence-corrected chi connectivity index (χ0v) is 12.9. The van der Waals surface area contributed by atoms with E-state index < -0.39 is 10.0 Å². The fraction of sp³-hybridized carbons (Fsp3) is 0.769. The monoisotopic (exact) mass is 314 g/mol. The molecule has 2 fully saturated rings. The second kappa shape index (κ2) is 6.04. The third-order valence-electron chi connectivity index (χ3n) is 3.91. The van der Waals surface area contributed by atoms with Crippen molar-refractivity contribution in [2.24, 2.45) is 0 Å². The Morgan fingerprint density at radius 1 is 1.38 bits per heavy atom. The minimum Gasteiger partial charge on any atom is -0.378 e. The van der Waals surface area contributed by atoms with Crippen LogP contribution < -0.4 is 10.0 Å². The molecular formula is C13H22N4O3S. The lowest BCUT2D eigenvalue weighted by atomic mass is 10.1. The number of sulfonamides is 1. The first kappa shape index (κ1) is 15.0. The van der Waals surface area contributed by atoms with Crippen LogP contribution in [-0.4, -0.2) is 43.4 Å². The van der Waals surface area contributed by atoms with Crippen LogP contribution in [0.3, 0.4) is 0 Å². The van der Waals surface area contributed by atoms with Gasteiger partial charge in [-0.2, -0.15) is 5.10 Å². The van der Waals surface area contributed by atoms with Crippen molar-refractivity contribution in [2.45, 2.75) is 62.4 Å². The van der Waals surface area contributed by atoms with E-state index in [9.17, 15) is 8.42 Å². The lowest BCUT2D eigenvalue weighted by molar-refractivity contribution is 0.0173. The Kier molecular flexibility index (Phi) is 4.30. The topological polar surface area (TPSA) is 96.1 Å². The zero-order valence-electron chi connectivity index (χ0n) is 12.1. The quantitative estimate of drug-likeness (QED) is 0.711. The number of nitrogens with zero attached hydrogens (tertiary/aromatic N) is 1. The normalized spacial score (nSPS) is 26.9. The standard InChI is InChI=1S/C13H22N4O3S/c1-9-6-12(4-5-20-9)17-21(18,19)13-10(8-15-16-13)7-14-11-2-3-11/h8-9,11-12,14,17H,2-7H2,1H3,(H,15,16). The van der Waals surface area contributed by atoms with Crippen LogP contribution >= 0.6 is 0 Å². The Balaban J connectivity index is 1.67. The molecule has 1 aromatic rings. The van der Waals surface area contributed by atoms with Crippen molar-refractivity contribution in [3.8, 4) is 0 Å². The minimum absolute atomic E-state index is 0.0775. The molecule has 1 aliphatic heterocycles. The van der Waals surface area contributed by atoms with Crippen LogP contribution in [-0.2, 0) is 21.3 Å². The number of hydrogen-bond donors (Lipinski definition) is 3. The van der Waals surface area contributed by atoms with E-state index in [2.05, 4.69) is 20.2 Å². The van der Waals surface area contributed by atoms with E-state index in [-0.39, 0.29) is 17.2 Å². The summed E-state index contributed by atoms with van der Waals surface area (Å²) in [4.78, 5) is 0. The maximum Gasteiger partial charge on any atom is 0.258 e. The Morgan fingerprint density at radius 2 is 2.19 bits per heavy atom. The fourth-order valence-corrected chi connectivity index (χ4v) is 4.00. The lowest BCUT2D eigenvalue weighted by Crippen LogP contribution is -2.41. The van der Waals surface area contributed by atoms with Gasteiger partial charge in [0.25, 0.3) is 10.0 Å². The third kappa shape index (κ3) is 3.82. The van der Waals surface area contributed by atoms with E-state index in [1.165, 1.54) is 0 Å². The highest BCUT2D eigenvalue weighted by molar-refractivity contribution is 7.89. The maximum atomic E-state index is 12.5. The van der Waals surface area contributed by atoms with Crippen molar-refractivity contribution in [1.29, 1.82) is 0 Å². The van der Waals surface area contributed by atoms with Crippen LogP contribution in [0.2, 0.25) is 0 Å². The zero-order chi connectivity index (χ0) is 14.9. The number of H-pyrrole nitrogens is 1. The summed E-state index contributed by atoms with van der Waals surface area (Å²) >= 11 is 0. The van der Waals surface area contributed by atoms with Gasteiger partial charge >= 0.3 is 0 Å². The molecule has 0 amide bonds. The van der Waals surface area contributed by atoms with Gasteiger partial charge in [-0.05, 0) is 32.6 Å². The van der Waals surface area contributed by atoms with Gasteiger partial charge in [-0.3, -0.25) is 5.10 Å². The van der Waals surface area contributed by atoms with Gasteiger partial charge in [-0.25, -0.2) is 13.1 Å². The van der Waals surface area contributed by atoms with E-state index >= 15 is 0 Å². The second-order valence-corrected chi connectivity index (χ2v) is 7.55. The van der Waals surface area contributed by atoms with E-state index in [0.29, 0.717) is 37.6 Å². The van der Waals surface area contributed by atoms with Gasteiger partial charge in [-0.15, -0.1) is 0 Å². The highest BCUT2D eigenvalue weighted by atomic mass is 32.2. The molecule has 1 aromatic heterocycles. The van der Waals surface area contributed by atoms with E-state index in [4.69, 9.17) is 4.74 Å². The summed E-state index contributed by atoms with van der Waals surface area (Å²) in [5, 5.41) is 9.99. The van der Waals surface area contributed by atoms with Gasteiger partial charge in [0, 0.05) is 30.8 Å². The van der Waals surface area contributed by atoms with Crippen molar-refractivity contribution < 1.29 is 13.2 Å². The molecule has 0 radical (unpaired) electrons. The molecule has 1 saturated carbocycles. The summed E-state index contributed by atoms with van der Waals surface area (Å²) in [6.07, 6.45) is 5.40. The predicted molar refractivity (Wildman–Crippen MR) is 77.2 cm³/mol. The molecule has 3 N–H and O–H groups in total. The van der Waals surface area contributed by atoms with Crippen LogP contribution in [0.5, 0.6) is 0 Å². The summed E-state index contributed by atoms with van der Waals surface area (Å²) in [5.74, 6) is 0. The van der Waals surface area contributed by atoms with Crippen molar-refractivity contribution >= 4 is 10.0 Å². The van der Waals surface area contributed by atoms with E-state index in [1.807, 2.05) is 6.92 Å². The molecule has 1 aliphatic carbocycles. The van der Waals surface area contributed by atoms with Crippen LogP contribution in [0.15, 0.2) is 11.2 Å². The molecule has 1 saturated heterocycles. The number of nitrogens with one attached hydrogen (secondary N) is 3. The number of rotatable bonds is 6. The van der Waals surface area contributed by atoms with Crippen LogP contribution in [0.25, 0.3) is 0 Å². The largest absolute Gasteiger partial charge is 0.378 e. The van der Waals surface area contributed by atoms with Gasteiger partial charge in [0.15, 0.2) is 5.03 Å². The fourth-order valence-electron chi connectivity index (χ4n) is 2.58. The summed E-state index contributed by atoms with van der Waals surface area (Å²) in [6, 6.07) is 0.450. The van der Waals surface area contributed by atoms with Crippen LogP contribution in [0, 0.1) is 0 Å². The molecule has 2 atom stereocenters. The molecule has 3 rings (SSSR count). The first-order chi connectivity index (χ1) is 10.0. The third-order valence-corrected chi connectivity index (χ3v) is 5.45. The number of aromatic nitrogens is 2. The first-order valence-corrected chi connectivity index (χ1v) is 8.92. The molecule has 0 bridgehead atoms. The van der Waals surface area contributed by atoms with Crippen LogP contribution in [0.4, 0.5) is 0 Å². The molecular weight excluding hydrogens is 292 g/mol. The average molecular weight is 314 g/mol. The Labute approximate surface area is 124 Å². The summed E-state index contributed by atoms with van der Waals surface area (Å²) in [7, 11) is -3.56. The van der Waals surface area contributed by atoms with Gasteiger partial charge in [0.05, 0.1) is 12.3 Å². The SMILES string of the molecule is CC1CC(NS(=O)(=O)c2[nH]ncc2CNC2CC2)CCO1. The maximum absolute atomic E-state index is 12.5. The van der Waals surface area contributed by atoms with E-state index in [0.717, 1.165) is 12.8 Å². The van der Waals surface area contributed by atoms with Crippen molar-refractivity contribution in [1.82, 2.24) is 20.2 Å². The summed E-state index contributed by atoms with van der Waals surface area (Å²) in [6.45, 7) is 3.08. The van der Waals surface area contributed by atoms with Crippen LogP contribution in [0.1, 0.15) is 38.2 Å². The van der Waals surface area contributed by atoms with Gasteiger partial charge in [0.2, 0.25) is 0 Å². The highest BCUT2D eigenvalue weighted by Crippen LogP contribution is 2.21. The van der Waals surface area contributed by atoms with E-state index in [1.54, 1.807) is 6.20 Å². The molecule has 7 nitrogen and oxygen atoms in total. The lowest BCUT2D eigenvalue weighted by Gasteiger charge is -2.27. The Bertz CT molecular complexity index is 582. The minimum atomic E-state index is -3.56. The molecule has 2 heterocycles. The first-order valence-electron chi connectivity index (χ1n) is 7.44. The molecule has 0 spiro atoms. The Morgan fingerprint density at radius 3 is 2.90 bits per heavy atom. The Hall–Kier alpha value is -0.960. The molecule has 21 heavy (non-hydrogen) atoms.